The van der Waals surface area contributed by atoms with Gasteiger partial charge in [-0.3, -0.25) is 5.32 Å². The molecule has 0 saturated heterocycles. The molecule has 0 spiro atoms. The second-order valence-corrected chi connectivity index (χ2v) is 4.56. The lowest BCUT2D eigenvalue weighted by atomic mass is 10.2. The minimum absolute atomic E-state index is 0.585. The predicted octanol–water partition coefficient (Wildman–Crippen LogP) is 2.35. The molecule has 1 N–H and O–H groups in total. The third-order valence-electron chi connectivity index (χ3n) is 2.42. The quantitative estimate of drug-likeness (QED) is 0.403. The Balaban J connectivity index is 2.17. The van der Waals surface area contributed by atoms with E-state index < -0.39 is 0 Å². The summed E-state index contributed by atoms with van der Waals surface area (Å²) in [5, 5.41) is 11.7. The van der Waals surface area contributed by atoms with Crippen LogP contribution < -0.4 is 5.32 Å². The van der Waals surface area contributed by atoms with E-state index in [1.54, 1.807) is 12.5 Å². The molecule has 1 heterocycles. The first kappa shape index (κ1) is 13.2. The lowest BCUT2D eigenvalue weighted by Crippen LogP contribution is -2.12. The molecule has 2 aromatic rings. The molecular weight excluding hydrogens is 258 g/mol. The van der Waals surface area contributed by atoms with Crippen molar-refractivity contribution in [3.05, 3.63) is 48.5 Å². The van der Waals surface area contributed by atoms with Gasteiger partial charge >= 0.3 is 0 Å². The van der Waals surface area contributed by atoms with Crippen molar-refractivity contribution < 1.29 is 0 Å². The highest BCUT2D eigenvalue weighted by Crippen LogP contribution is 2.16. The maximum absolute atomic E-state index is 8.61. The number of benzene rings is 1. The third kappa shape index (κ3) is 3.86. The summed E-state index contributed by atoms with van der Waals surface area (Å²) in [5.74, 6) is 0. The largest absolute Gasteiger partial charge is 0.333 e. The molecule has 0 atom stereocenters. The Morgan fingerprint density at radius 1 is 1.58 bits per heavy atom. The number of aromatic nitrogens is 2. The van der Waals surface area contributed by atoms with E-state index in [2.05, 4.69) is 15.3 Å². The molecule has 0 amide bonds. The van der Waals surface area contributed by atoms with Gasteiger partial charge in [-0.25, -0.2) is 9.98 Å². The van der Waals surface area contributed by atoms with Gasteiger partial charge in [-0.05, 0) is 24.0 Å². The molecule has 0 aliphatic rings. The molecule has 0 radical (unpaired) electrons. The van der Waals surface area contributed by atoms with Crippen molar-refractivity contribution in [3.63, 3.8) is 0 Å². The molecule has 0 saturated carbocycles. The highest BCUT2D eigenvalue weighted by atomic mass is 32.2. The number of amidine groups is 1. The Labute approximate surface area is 116 Å². The van der Waals surface area contributed by atoms with Crippen LogP contribution in [-0.2, 0) is 6.54 Å². The Bertz CT molecular complexity index is 598. The van der Waals surface area contributed by atoms with Crippen molar-refractivity contribution in [2.24, 2.45) is 4.99 Å². The summed E-state index contributed by atoms with van der Waals surface area (Å²) in [5.41, 5.74) is 1.96. The van der Waals surface area contributed by atoms with E-state index in [-0.39, 0.29) is 0 Å². The summed E-state index contributed by atoms with van der Waals surface area (Å²) in [6, 6.07) is 7.90. The number of aliphatic imine (C=N–C) groups is 1. The van der Waals surface area contributed by atoms with Crippen LogP contribution in [-0.4, -0.2) is 21.0 Å². The minimum Gasteiger partial charge on any atom is -0.333 e. The molecule has 0 fully saturated rings. The van der Waals surface area contributed by atoms with Gasteiger partial charge in [-0.15, -0.1) is 0 Å². The van der Waals surface area contributed by atoms with Gasteiger partial charge in [0.1, 0.15) is 0 Å². The molecule has 0 bridgehead atoms. The molecular formula is C13H13N5S. The standard InChI is InChI=1S/C13H13N5S/c1-19-13(16-9-14)17-12-4-2-3-11(7-12)8-18-6-5-15-10-18/h2-7,10H,8H2,1H3,(H,16,17). The zero-order valence-corrected chi connectivity index (χ0v) is 11.3. The molecule has 1 aromatic heterocycles. The number of thioether (sulfide) groups is 1. The van der Waals surface area contributed by atoms with Crippen molar-refractivity contribution in [1.29, 1.82) is 5.26 Å². The smallest absolute Gasteiger partial charge is 0.183 e. The topological polar surface area (TPSA) is 66.0 Å². The minimum atomic E-state index is 0.585. The van der Waals surface area contributed by atoms with Crippen molar-refractivity contribution in [2.75, 3.05) is 6.26 Å². The second-order valence-electron chi connectivity index (χ2n) is 3.76. The lowest BCUT2D eigenvalue weighted by Gasteiger charge is -2.04. The van der Waals surface area contributed by atoms with Crippen LogP contribution in [0.3, 0.4) is 0 Å². The van der Waals surface area contributed by atoms with Crippen molar-refractivity contribution >= 4 is 22.6 Å². The Hall–Kier alpha value is -2.26. The molecule has 2 rings (SSSR count). The summed E-state index contributed by atoms with van der Waals surface area (Å²) in [6.07, 6.45) is 9.20. The molecule has 19 heavy (non-hydrogen) atoms. The van der Waals surface area contributed by atoms with Gasteiger partial charge in [0.25, 0.3) is 0 Å². The first-order valence-electron chi connectivity index (χ1n) is 5.64. The molecule has 0 unspecified atom stereocenters. The first-order valence-corrected chi connectivity index (χ1v) is 6.87. The van der Waals surface area contributed by atoms with Gasteiger partial charge in [0.05, 0.1) is 12.0 Å². The van der Waals surface area contributed by atoms with Crippen molar-refractivity contribution in [1.82, 2.24) is 14.9 Å². The van der Waals surface area contributed by atoms with E-state index >= 15 is 0 Å². The summed E-state index contributed by atoms with van der Waals surface area (Å²) in [4.78, 5) is 8.39. The van der Waals surface area contributed by atoms with Gasteiger partial charge in [0.15, 0.2) is 11.4 Å². The van der Waals surface area contributed by atoms with E-state index in [9.17, 15) is 0 Å². The second kappa shape index (κ2) is 6.61. The van der Waals surface area contributed by atoms with Gasteiger partial charge < -0.3 is 4.57 Å². The van der Waals surface area contributed by atoms with E-state index in [0.717, 1.165) is 17.8 Å². The maximum atomic E-state index is 8.61. The highest BCUT2D eigenvalue weighted by Gasteiger charge is 1.99. The summed E-state index contributed by atoms with van der Waals surface area (Å²) in [7, 11) is 0. The van der Waals surface area contributed by atoms with Crippen molar-refractivity contribution in [3.8, 4) is 6.19 Å². The fourth-order valence-corrected chi connectivity index (χ4v) is 1.95. The van der Waals surface area contributed by atoms with Gasteiger partial charge in [0.2, 0.25) is 0 Å². The molecule has 1 aromatic carbocycles. The Morgan fingerprint density at radius 3 is 3.16 bits per heavy atom. The maximum Gasteiger partial charge on any atom is 0.183 e. The third-order valence-corrected chi connectivity index (χ3v) is 3.00. The fourth-order valence-electron chi connectivity index (χ4n) is 1.61. The van der Waals surface area contributed by atoms with Gasteiger partial charge in [-0.2, -0.15) is 5.26 Å². The van der Waals surface area contributed by atoms with Crippen LogP contribution in [0.1, 0.15) is 5.56 Å². The lowest BCUT2D eigenvalue weighted by molar-refractivity contribution is 0.797. The molecule has 6 heteroatoms. The monoisotopic (exact) mass is 271 g/mol. The number of nitriles is 1. The Morgan fingerprint density at radius 2 is 2.47 bits per heavy atom. The van der Waals surface area contributed by atoms with E-state index in [0.29, 0.717) is 5.17 Å². The van der Waals surface area contributed by atoms with E-state index in [1.807, 2.05) is 47.5 Å². The molecule has 0 aliphatic carbocycles. The SMILES string of the molecule is CSC(=Nc1cccc(Cn2ccnc2)c1)NC#N. The van der Waals surface area contributed by atoms with Gasteiger partial charge in [0, 0.05) is 18.9 Å². The average Bonchev–Trinajstić information content (AvgIpc) is 2.91. The van der Waals surface area contributed by atoms with Crippen LogP contribution in [0.15, 0.2) is 48.0 Å². The number of nitrogens with zero attached hydrogens (tertiary/aromatic N) is 4. The average molecular weight is 271 g/mol. The van der Waals surface area contributed by atoms with Crippen LogP contribution >= 0.6 is 11.8 Å². The predicted molar refractivity (Wildman–Crippen MR) is 77.1 cm³/mol. The van der Waals surface area contributed by atoms with Crippen molar-refractivity contribution in [2.45, 2.75) is 6.54 Å². The number of nitrogens with one attached hydrogen (secondary N) is 1. The summed E-state index contributed by atoms with van der Waals surface area (Å²) < 4.78 is 1.99. The summed E-state index contributed by atoms with van der Waals surface area (Å²) in [6.45, 7) is 0.754. The zero-order valence-electron chi connectivity index (χ0n) is 10.4. The number of rotatable bonds is 3. The van der Waals surface area contributed by atoms with Crippen LogP contribution in [0, 0.1) is 11.5 Å². The molecule has 96 valence electrons. The molecule has 5 nitrogen and oxygen atoms in total. The molecule has 0 aliphatic heterocycles. The Kier molecular flexibility index (Phi) is 4.59. The van der Waals surface area contributed by atoms with Gasteiger partial charge in [-0.1, -0.05) is 23.9 Å². The number of hydrogen-bond acceptors (Lipinski definition) is 4. The first-order chi connectivity index (χ1) is 9.31. The number of imidazole rings is 1. The van der Waals surface area contributed by atoms with Crippen LogP contribution in [0.5, 0.6) is 0 Å². The van der Waals surface area contributed by atoms with Crippen LogP contribution in [0.25, 0.3) is 0 Å². The number of hydrogen-bond donors (Lipinski definition) is 1. The van der Waals surface area contributed by atoms with Crippen LogP contribution in [0.2, 0.25) is 0 Å². The van der Waals surface area contributed by atoms with Crippen LogP contribution in [0.4, 0.5) is 5.69 Å². The van der Waals surface area contributed by atoms with E-state index in [1.165, 1.54) is 11.8 Å². The highest BCUT2D eigenvalue weighted by molar-refractivity contribution is 8.13. The summed E-state index contributed by atoms with van der Waals surface area (Å²) >= 11 is 1.40. The zero-order chi connectivity index (χ0) is 13.5. The van der Waals surface area contributed by atoms with E-state index in [4.69, 9.17) is 5.26 Å². The fraction of sp³-hybridized carbons (Fsp3) is 0.154. The normalized spacial score (nSPS) is 11.1.